The molecule has 0 bridgehead atoms. The van der Waals surface area contributed by atoms with E-state index in [1.165, 1.54) is 15.5 Å². The van der Waals surface area contributed by atoms with E-state index in [1.807, 2.05) is 17.5 Å². The van der Waals surface area contributed by atoms with E-state index in [-0.39, 0.29) is 0 Å². The Kier molecular flexibility index (Phi) is 3.06. The summed E-state index contributed by atoms with van der Waals surface area (Å²) in [7, 11) is 0. The molecule has 1 atom stereocenters. The van der Waals surface area contributed by atoms with E-state index < -0.39 is 0 Å². The number of hydrogen-bond donors (Lipinski definition) is 0. The minimum Gasteiger partial charge on any atom is -0.249 e. The Morgan fingerprint density at radius 3 is 2.87 bits per heavy atom. The molecular formula is C13H17NS. The van der Waals surface area contributed by atoms with E-state index >= 15 is 0 Å². The number of rotatable bonds is 2. The third kappa shape index (κ3) is 2.37. The first-order chi connectivity index (χ1) is 7.16. The average molecular weight is 219 g/mol. The summed E-state index contributed by atoms with van der Waals surface area (Å²) in [5.41, 5.74) is 1.44. The maximum atomic E-state index is 4.47. The van der Waals surface area contributed by atoms with Gasteiger partial charge in [-0.2, -0.15) is 0 Å². The van der Waals surface area contributed by atoms with Gasteiger partial charge in [-0.15, -0.1) is 11.3 Å². The van der Waals surface area contributed by atoms with Crippen LogP contribution in [-0.2, 0) is 0 Å². The van der Waals surface area contributed by atoms with Crippen LogP contribution >= 0.6 is 11.3 Å². The van der Waals surface area contributed by atoms with Gasteiger partial charge in [0.05, 0.1) is 9.88 Å². The Labute approximate surface area is 95.6 Å². The second kappa shape index (κ2) is 4.31. The molecule has 0 aromatic carbocycles. The standard InChI is InChI=1S/C13H17NS/c1-9(2)13-14-8-12(15-13)11-6-4-5-10(3)7-11/h4-6,8-10H,7H2,1-3H3. The van der Waals surface area contributed by atoms with Crippen molar-refractivity contribution in [1.82, 2.24) is 4.98 Å². The predicted molar refractivity (Wildman–Crippen MR) is 67.1 cm³/mol. The van der Waals surface area contributed by atoms with E-state index in [0.717, 1.165) is 6.42 Å². The zero-order valence-electron chi connectivity index (χ0n) is 9.53. The van der Waals surface area contributed by atoms with Crippen molar-refractivity contribution in [1.29, 1.82) is 0 Å². The monoisotopic (exact) mass is 219 g/mol. The summed E-state index contributed by atoms with van der Waals surface area (Å²) in [6.07, 6.45) is 9.82. The highest BCUT2D eigenvalue weighted by molar-refractivity contribution is 7.12. The number of aromatic nitrogens is 1. The van der Waals surface area contributed by atoms with Gasteiger partial charge >= 0.3 is 0 Å². The predicted octanol–water partition coefficient (Wildman–Crippen LogP) is 4.25. The number of hydrogen-bond acceptors (Lipinski definition) is 2. The minimum atomic E-state index is 0.543. The highest BCUT2D eigenvalue weighted by Crippen LogP contribution is 2.32. The molecule has 1 aromatic heterocycles. The molecule has 0 radical (unpaired) electrons. The second-order valence-electron chi connectivity index (χ2n) is 4.48. The Bertz CT molecular complexity index is 398. The molecule has 0 aliphatic heterocycles. The van der Waals surface area contributed by atoms with Gasteiger partial charge in [0.25, 0.3) is 0 Å². The largest absolute Gasteiger partial charge is 0.249 e. The maximum Gasteiger partial charge on any atom is 0.0956 e. The lowest BCUT2D eigenvalue weighted by atomic mass is 9.95. The summed E-state index contributed by atoms with van der Waals surface area (Å²) in [4.78, 5) is 5.81. The van der Waals surface area contributed by atoms with Gasteiger partial charge in [0, 0.05) is 12.1 Å². The lowest BCUT2D eigenvalue weighted by molar-refractivity contribution is 0.750. The molecule has 1 nitrogen and oxygen atoms in total. The van der Waals surface area contributed by atoms with Gasteiger partial charge in [-0.05, 0) is 17.9 Å². The van der Waals surface area contributed by atoms with E-state index in [2.05, 4.69) is 44.0 Å². The van der Waals surface area contributed by atoms with Gasteiger partial charge in [-0.25, -0.2) is 4.98 Å². The molecule has 0 fully saturated rings. The van der Waals surface area contributed by atoms with Crippen molar-refractivity contribution < 1.29 is 0 Å². The normalized spacial score (nSPS) is 20.8. The maximum absolute atomic E-state index is 4.47. The van der Waals surface area contributed by atoms with Gasteiger partial charge in [0.1, 0.15) is 0 Å². The molecule has 2 rings (SSSR count). The quantitative estimate of drug-likeness (QED) is 0.724. The Morgan fingerprint density at radius 1 is 1.47 bits per heavy atom. The smallest absolute Gasteiger partial charge is 0.0956 e. The van der Waals surface area contributed by atoms with Crippen LogP contribution in [-0.4, -0.2) is 4.98 Å². The fourth-order valence-corrected chi connectivity index (χ4v) is 2.68. The van der Waals surface area contributed by atoms with Crippen LogP contribution < -0.4 is 0 Å². The van der Waals surface area contributed by atoms with Gasteiger partial charge in [0.15, 0.2) is 0 Å². The van der Waals surface area contributed by atoms with Crippen LogP contribution in [0.1, 0.15) is 43.0 Å². The summed E-state index contributed by atoms with van der Waals surface area (Å²) >= 11 is 1.84. The average Bonchev–Trinajstić information content (AvgIpc) is 2.66. The first-order valence-corrected chi connectivity index (χ1v) is 6.32. The van der Waals surface area contributed by atoms with Gasteiger partial charge in [0.2, 0.25) is 0 Å². The van der Waals surface area contributed by atoms with Crippen molar-refractivity contribution >= 4 is 16.9 Å². The summed E-state index contributed by atoms with van der Waals surface area (Å²) < 4.78 is 0. The molecule has 1 unspecified atom stereocenters. The van der Waals surface area contributed by atoms with E-state index in [4.69, 9.17) is 0 Å². The minimum absolute atomic E-state index is 0.543. The third-order valence-electron chi connectivity index (χ3n) is 2.61. The number of nitrogens with zero attached hydrogens (tertiary/aromatic N) is 1. The van der Waals surface area contributed by atoms with E-state index in [0.29, 0.717) is 11.8 Å². The van der Waals surface area contributed by atoms with Crippen molar-refractivity contribution in [2.24, 2.45) is 5.92 Å². The summed E-state index contributed by atoms with van der Waals surface area (Å²) in [6, 6.07) is 0. The fraction of sp³-hybridized carbons (Fsp3) is 0.462. The second-order valence-corrected chi connectivity index (χ2v) is 5.54. The van der Waals surface area contributed by atoms with Crippen LogP contribution in [0.2, 0.25) is 0 Å². The molecule has 0 N–H and O–H groups in total. The zero-order chi connectivity index (χ0) is 10.8. The van der Waals surface area contributed by atoms with Crippen molar-refractivity contribution in [3.05, 3.63) is 34.3 Å². The molecular weight excluding hydrogens is 202 g/mol. The Balaban J connectivity index is 2.23. The van der Waals surface area contributed by atoms with Gasteiger partial charge < -0.3 is 0 Å². The summed E-state index contributed by atoms with van der Waals surface area (Å²) in [5.74, 6) is 1.20. The van der Waals surface area contributed by atoms with Crippen molar-refractivity contribution in [3.63, 3.8) is 0 Å². The van der Waals surface area contributed by atoms with Crippen LogP contribution in [0.25, 0.3) is 5.57 Å². The highest BCUT2D eigenvalue weighted by atomic mass is 32.1. The molecule has 15 heavy (non-hydrogen) atoms. The number of thiazole rings is 1. The van der Waals surface area contributed by atoms with Crippen LogP contribution in [0.5, 0.6) is 0 Å². The molecule has 1 heterocycles. The molecule has 1 aromatic rings. The Hall–Kier alpha value is -0.890. The molecule has 0 saturated heterocycles. The lowest BCUT2D eigenvalue weighted by Crippen LogP contribution is -1.95. The Morgan fingerprint density at radius 2 is 2.27 bits per heavy atom. The first kappa shape index (κ1) is 10.6. The molecule has 2 heteroatoms. The third-order valence-corrected chi connectivity index (χ3v) is 3.99. The molecule has 0 spiro atoms. The summed E-state index contributed by atoms with van der Waals surface area (Å²) in [5, 5.41) is 1.24. The molecule has 1 aliphatic rings. The van der Waals surface area contributed by atoms with Crippen LogP contribution in [0.15, 0.2) is 24.4 Å². The van der Waals surface area contributed by atoms with E-state index in [9.17, 15) is 0 Å². The van der Waals surface area contributed by atoms with Gasteiger partial charge in [-0.1, -0.05) is 39.0 Å². The van der Waals surface area contributed by atoms with Crippen LogP contribution in [0.3, 0.4) is 0 Å². The van der Waals surface area contributed by atoms with Gasteiger partial charge in [-0.3, -0.25) is 0 Å². The summed E-state index contributed by atoms with van der Waals surface area (Å²) in [6.45, 7) is 6.65. The zero-order valence-corrected chi connectivity index (χ0v) is 10.3. The van der Waals surface area contributed by atoms with Crippen molar-refractivity contribution in [3.8, 4) is 0 Å². The van der Waals surface area contributed by atoms with Crippen molar-refractivity contribution in [2.45, 2.75) is 33.1 Å². The molecule has 1 aliphatic carbocycles. The molecule has 0 saturated carbocycles. The lowest BCUT2D eigenvalue weighted by Gasteiger charge is -2.12. The highest BCUT2D eigenvalue weighted by Gasteiger charge is 2.12. The van der Waals surface area contributed by atoms with Crippen LogP contribution in [0.4, 0.5) is 0 Å². The topological polar surface area (TPSA) is 12.9 Å². The van der Waals surface area contributed by atoms with E-state index in [1.54, 1.807) is 0 Å². The molecule has 80 valence electrons. The van der Waals surface area contributed by atoms with Crippen molar-refractivity contribution in [2.75, 3.05) is 0 Å². The first-order valence-electron chi connectivity index (χ1n) is 5.50. The number of allylic oxidation sites excluding steroid dienone is 4. The van der Waals surface area contributed by atoms with Crippen LogP contribution in [0, 0.1) is 5.92 Å². The molecule has 0 amide bonds. The fourth-order valence-electron chi connectivity index (χ4n) is 1.73. The SMILES string of the molecule is CC1C=CC=C(c2cnc(C(C)C)s2)C1.